The van der Waals surface area contributed by atoms with Crippen LogP contribution in [0, 0.1) is 0 Å². The van der Waals surface area contributed by atoms with Crippen molar-refractivity contribution in [1.29, 1.82) is 0 Å². The maximum absolute atomic E-state index is 11.6. The highest BCUT2D eigenvalue weighted by Gasteiger charge is 2.18. The maximum Gasteiger partial charge on any atom is 0.343 e. The number of carbonyl (C=O) groups is 1. The number of methoxy groups -OCH3 is 2. The van der Waals surface area contributed by atoms with Crippen molar-refractivity contribution in [2.24, 2.45) is 0 Å². The Bertz CT molecular complexity index is 386. The molecule has 0 unspecified atom stereocenters. The molecule has 0 aromatic carbocycles. The molecule has 0 aliphatic carbocycles. The second kappa shape index (κ2) is 7.57. The molecule has 1 heterocycles. The minimum absolute atomic E-state index is 0.0473. The number of aromatic nitrogens is 2. The Morgan fingerprint density at radius 3 is 2.83 bits per heavy atom. The second-order valence-electron chi connectivity index (χ2n) is 3.46. The van der Waals surface area contributed by atoms with Crippen LogP contribution in [0.3, 0.4) is 0 Å². The Balaban J connectivity index is 2.98. The van der Waals surface area contributed by atoms with Crippen LogP contribution >= 0.6 is 0 Å². The molecule has 1 aromatic heterocycles. The number of anilines is 1. The van der Waals surface area contributed by atoms with E-state index in [2.05, 4.69) is 14.7 Å². The van der Waals surface area contributed by atoms with Gasteiger partial charge in [-0.05, 0) is 0 Å². The van der Waals surface area contributed by atoms with Crippen molar-refractivity contribution in [2.45, 2.75) is 0 Å². The summed E-state index contributed by atoms with van der Waals surface area (Å²) < 4.78 is 9.65. The number of hydrogen-bond acceptors (Lipinski definition) is 7. The molecular weight excluding hydrogens is 238 g/mol. The Morgan fingerprint density at radius 2 is 2.22 bits per heavy atom. The van der Waals surface area contributed by atoms with Gasteiger partial charge in [-0.15, -0.1) is 0 Å². The van der Waals surface area contributed by atoms with Gasteiger partial charge in [0.05, 0.1) is 20.3 Å². The van der Waals surface area contributed by atoms with Crippen LogP contribution in [-0.2, 0) is 9.47 Å². The zero-order valence-corrected chi connectivity index (χ0v) is 10.5. The molecule has 1 rings (SSSR count). The summed E-state index contributed by atoms with van der Waals surface area (Å²) in [7, 11) is 2.88. The first-order chi connectivity index (χ1) is 8.74. The number of hydrogen-bond donors (Lipinski definition) is 1. The van der Waals surface area contributed by atoms with Gasteiger partial charge in [0, 0.05) is 26.4 Å². The Kier molecular flexibility index (Phi) is 6.03. The molecule has 7 nitrogen and oxygen atoms in total. The lowest BCUT2D eigenvalue weighted by Gasteiger charge is -2.23. The third-order valence-electron chi connectivity index (χ3n) is 2.33. The number of aliphatic hydroxyl groups is 1. The normalized spacial score (nSPS) is 10.2. The average molecular weight is 255 g/mol. The molecule has 0 saturated carbocycles. The van der Waals surface area contributed by atoms with E-state index in [1.165, 1.54) is 19.6 Å². The third-order valence-corrected chi connectivity index (χ3v) is 2.33. The van der Waals surface area contributed by atoms with Crippen molar-refractivity contribution in [3.05, 3.63) is 18.1 Å². The van der Waals surface area contributed by atoms with E-state index in [1.807, 2.05) is 0 Å². The van der Waals surface area contributed by atoms with E-state index < -0.39 is 5.97 Å². The molecule has 0 atom stereocenters. The van der Waals surface area contributed by atoms with Crippen molar-refractivity contribution in [1.82, 2.24) is 9.97 Å². The fourth-order valence-electron chi connectivity index (χ4n) is 1.47. The number of ether oxygens (including phenoxy) is 2. The molecule has 0 bridgehead atoms. The molecule has 0 saturated heterocycles. The van der Waals surface area contributed by atoms with Crippen LogP contribution < -0.4 is 4.90 Å². The average Bonchev–Trinajstić information content (AvgIpc) is 2.42. The first-order valence-electron chi connectivity index (χ1n) is 5.47. The molecule has 0 aliphatic rings. The summed E-state index contributed by atoms with van der Waals surface area (Å²) in [5, 5.41) is 9.04. The van der Waals surface area contributed by atoms with Gasteiger partial charge in [-0.25, -0.2) is 14.8 Å². The van der Waals surface area contributed by atoms with Crippen molar-refractivity contribution >= 4 is 11.8 Å². The molecule has 100 valence electrons. The number of rotatable bonds is 7. The van der Waals surface area contributed by atoms with Gasteiger partial charge in [-0.3, -0.25) is 0 Å². The van der Waals surface area contributed by atoms with Crippen LogP contribution in [0.15, 0.2) is 12.5 Å². The third kappa shape index (κ3) is 3.64. The Morgan fingerprint density at radius 1 is 1.44 bits per heavy atom. The summed E-state index contributed by atoms with van der Waals surface area (Å²) in [6, 6.07) is 0. The number of nitrogens with zero attached hydrogens (tertiary/aromatic N) is 3. The van der Waals surface area contributed by atoms with Gasteiger partial charge in [0.25, 0.3) is 0 Å². The molecule has 0 radical (unpaired) electrons. The summed E-state index contributed by atoms with van der Waals surface area (Å²) in [5.41, 5.74) is 0.268. The lowest BCUT2D eigenvalue weighted by Crippen LogP contribution is -2.32. The van der Waals surface area contributed by atoms with Crippen LogP contribution in [0.4, 0.5) is 5.82 Å². The van der Waals surface area contributed by atoms with Crippen LogP contribution in [0.1, 0.15) is 10.4 Å². The van der Waals surface area contributed by atoms with E-state index >= 15 is 0 Å². The lowest BCUT2D eigenvalue weighted by atomic mass is 10.3. The highest BCUT2D eigenvalue weighted by molar-refractivity contribution is 5.94. The lowest BCUT2D eigenvalue weighted by molar-refractivity contribution is 0.0600. The molecule has 7 heteroatoms. The predicted molar refractivity (Wildman–Crippen MR) is 64.5 cm³/mol. The van der Waals surface area contributed by atoms with E-state index in [1.54, 1.807) is 12.0 Å². The fraction of sp³-hybridized carbons (Fsp3) is 0.545. The summed E-state index contributed by atoms with van der Waals surface area (Å²) in [5.74, 6) is -0.0751. The number of esters is 1. The topological polar surface area (TPSA) is 84.8 Å². The molecular formula is C11H17N3O4. The molecule has 18 heavy (non-hydrogen) atoms. The van der Waals surface area contributed by atoms with Crippen molar-refractivity contribution in [2.75, 3.05) is 45.4 Å². The van der Waals surface area contributed by atoms with E-state index in [0.717, 1.165) is 0 Å². The molecule has 0 fully saturated rings. The SMILES string of the molecule is COCCN(CCO)c1ncncc1C(=O)OC. The quantitative estimate of drug-likeness (QED) is 0.670. The largest absolute Gasteiger partial charge is 0.465 e. The van der Waals surface area contributed by atoms with Crippen LogP contribution in [0.5, 0.6) is 0 Å². The zero-order valence-electron chi connectivity index (χ0n) is 10.5. The van der Waals surface area contributed by atoms with Crippen LogP contribution in [-0.4, -0.2) is 61.6 Å². The van der Waals surface area contributed by atoms with Gasteiger partial charge in [-0.1, -0.05) is 0 Å². The van der Waals surface area contributed by atoms with Crippen molar-refractivity contribution < 1.29 is 19.4 Å². The Hall–Kier alpha value is -1.73. The van der Waals surface area contributed by atoms with Crippen LogP contribution in [0.25, 0.3) is 0 Å². The Labute approximate surface area is 105 Å². The molecule has 0 spiro atoms. The van der Waals surface area contributed by atoms with Gasteiger partial charge in [0.2, 0.25) is 0 Å². The maximum atomic E-state index is 11.6. The van der Waals surface area contributed by atoms with Gasteiger partial charge in [0.15, 0.2) is 0 Å². The predicted octanol–water partition coefficient (Wildman–Crippen LogP) is -0.292. The first kappa shape index (κ1) is 14.3. The fourth-order valence-corrected chi connectivity index (χ4v) is 1.47. The van der Waals surface area contributed by atoms with E-state index in [9.17, 15) is 4.79 Å². The molecule has 1 aromatic rings. The van der Waals surface area contributed by atoms with E-state index in [-0.39, 0.29) is 12.2 Å². The highest BCUT2D eigenvalue weighted by Crippen LogP contribution is 2.16. The highest BCUT2D eigenvalue weighted by atomic mass is 16.5. The van der Waals surface area contributed by atoms with Gasteiger partial charge >= 0.3 is 5.97 Å². The van der Waals surface area contributed by atoms with Gasteiger partial charge in [-0.2, -0.15) is 0 Å². The summed E-state index contributed by atoms with van der Waals surface area (Å²) >= 11 is 0. The first-order valence-corrected chi connectivity index (χ1v) is 5.47. The van der Waals surface area contributed by atoms with Crippen LogP contribution in [0.2, 0.25) is 0 Å². The smallest absolute Gasteiger partial charge is 0.343 e. The molecule has 0 amide bonds. The molecule has 0 aliphatic heterocycles. The van der Waals surface area contributed by atoms with E-state index in [4.69, 9.17) is 9.84 Å². The van der Waals surface area contributed by atoms with E-state index in [0.29, 0.717) is 25.5 Å². The number of aliphatic hydroxyl groups excluding tert-OH is 1. The molecule has 1 N–H and O–H groups in total. The van der Waals surface area contributed by atoms with Crippen molar-refractivity contribution in [3.8, 4) is 0 Å². The van der Waals surface area contributed by atoms with Gasteiger partial charge < -0.3 is 19.5 Å². The minimum atomic E-state index is -0.508. The standard InChI is InChI=1S/C11H17N3O4/c1-17-6-4-14(3-5-15)10-9(11(16)18-2)7-12-8-13-10/h7-8,15H,3-6H2,1-2H3. The van der Waals surface area contributed by atoms with Crippen molar-refractivity contribution in [3.63, 3.8) is 0 Å². The zero-order chi connectivity index (χ0) is 13.4. The van der Waals surface area contributed by atoms with Gasteiger partial charge in [0.1, 0.15) is 17.7 Å². The number of carbonyl (C=O) groups excluding carboxylic acids is 1. The summed E-state index contributed by atoms with van der Waals surface area (Å²) in [4.78, 5) is 21.2. The summed E-state index contributed by atoms with van der Waals surface area (Å²) in [6.07, 6.45) is 2.74. The second-order valence-corrected chi connectivity index (χ2v) is 3.46. The minimum Gasteiger partial charge on any atom is -0.465 e. The monoisotopic (exact) mass is 255 g/mol. The summed E-state index contributed by atoms with van der Waals surface area (Å²) in [6.45, 7) is 1.28.